The van der Waals surface area contributed by atoms with Crippen molar-refractivity contribution in [3.05, 3.63) is 29.8 Å². The molecule has 2 atom stereocenters. The SMILES string of the molecule is CC(C)CNCC1CCC(C)(C)CC1c1cncc(F)c1. The lowest BCUT2D eigenvalue weighted by Crippen LogP contribution is -2.36. The Bertz CT molecular complexity index is 456. The maximum Gasteiger partial charge on any atom is 0.141 e. The Balaban J connectivity index is 2.10. The Labute approximate surface area is 128 Å². The molecule has 0 radical (unpaired) electrons. The fourth-order valence-corrected chi connectivity index (χ4v) is 3.46. The fraction of sp³-hybridized carbons (Fsp3) is 0.722. The van der Waals surface area contributed by atoms with E-state index in [0.717, 1.165) is 25.1 Å². The van der Waals surface area contributed by atoms with Gasteiger partial charge in [-0.15, -0.1) is 0 Å². The molecule has 21 heavy (non-hydrogen) atoms. The molecule has 2 unspecified atom stereocenters. The lowest BCUT2D eigenvalue weighted by atomic mass is 9.65. The number of aromatic nitrogens is 1. The molecule has 1 N–H and O–H groups in total. The van der Waals surface area contributed by atoms with Crippen molar-refractivity contribution >= 4 is 0 Å². The van der Waals surface area contributed by atoms with Gasteiger partial charge in [-0.05, 0) is 67.2 Å². The summed E-state index contributed by atoms with van der Waals surface area (Å²) in [6.45, 7) is 11.2. The number of hydrogen-bond donors (Lipinski definition) is 1. The molecule has 1 heterocycles. The summed E-state index contributed by atoms with van der Waals surface area (Å²) in [4.78, 5) is 4.05. The topological polar surface area (TPSA) is 24.9 Å². The van der Waals surface area contributed by atoms with E-state index in [0.29, 0.717) is 23.2 Å². The van der Waals surface area contributed by atoms with Crippen LogP contribution in [-0.2, 0) is 0 Å². The first-order valence-corrected chi connectivity index (χ1v) is 8.18. The van der Waals surface area contributed by atoms with Crippen LogP contribution in [0, 0.1) is 23.1 Å². The predicted molar refractivity (Wildman–Crippen MR) is 85.8 cm³/mol. The molecule has 1 aliphatic carbocycles. The predicted octanol–water partition coefficient (Wildman–Crippen LogP) is 4.38. The number of rotatable bonds is 5. The standard InChI is InChI=1S/C18H29FN2/c1-13(2)9-20-10-14-5-6-18(3,4)8-17(14)15-7-16(19)12-21-11-15/h7,11-14,17,20H,5-6,8-10H2,1-4H3. The first kappa shape index (κ1) is 16.4. The molecule has 2 nitrogen and oxygen atoms in total. The molecule has 1 aromatic heterocycles. The van der Waals surface area contributed by atoms with Gasteiger partial charge in [-0.2, -0.15) is 0 Å². The van der Waals surface area contributed by atoms with Crippen LogP contribution in [0.4, 0.5) is 4.39 Å². The third kappa shape index (κ3) is 4.77. The average Bonchev–Trinajstić information content (AvgIpc) is 2.39. The number of hydrogen-bond acceptors (Lipinski definition) is 2. The molecular weight excluding hydrogens is 263 g/mol. The number of halogens is 1. The van der Waals surface area contributed by atoms with Crippen LogP contribution in [0.2, 0.25) is 0 Å². The molecule has 0 spiro atoms. The second-order valence-electron chi connectivity index (χ2n) is 7.76. The summed E-state index contributed by atoms with van der Waals surface area (Å²) >= 11 is 0. The zero-order chi connectivity index (χ0) is 15.5. The second kappa shape index (κ2) is 6.87. The quantitative estimate of drug-likeness (QED) is 0.871. The van der Waals surface area contributed by atoms with Gasteiger partial charge in [0, 0.05) is 6.20 Å². The molecule has 0 bridgehead atoms. The molecule has 0 amide bonds. The molecule has 118 valence electrons. The Kier molecular flexibility index (Phi) is 5.37. The highest BCUT2D eigenvalue weighted by molar-refractivity contribution is 5.18. The van der Waals surface area contributed by atoms with Crippen LogP contribution in [0.25, 0.3) is 0 Å². The van der Waals surface area contributed by atoms with Crippen LogP contribution in [0.1, 0.15) is 58.4 Å². The molecule has 1 aromatic rings. The Hall–Kier alpha value is -0.960. The molecule has 2 rings (SSSR count). The van der Waals surface area contributed by atoms with Gasteiger partial charge in [-0.3, -0.25) is 4.98 Å². The molecule has 0 aromatic carbocycles. The van der Waals surface area contributed by atoms with Crippen LogP contribution in [-0.4, -0.2) is 18.1 Å². The maximum atomic E-state index is 13.5. The lowest BCUT2D eigenvalue weighted by Gasteiger charge is -2.41. The molecule has 1 aliphatic rings. The van der Waals surface area contributed by atoms with E-state index < -0.39 is 0 Å². The molecular formula is C18H29FN2. The van der Waals surface area contributed by atoms with Crippen LogP contribution >= 0.6 is 0 Å². The van der Waals surface area contributed by atoms with Crippen LogP contribution in [0.3, 0.4) is 0 Å². The van der Waals surface area contributed by atoms with Gasteiger partial charge in [-0.1, -0.05) is 27.7 Å². The van der Waals surface area contributed by atoms with Gasteiger partial charge in [0.25, 0.3) is 0 Å². The highest BCUT2D eigenvalue weighted by Crippen LogP contribution is 2.46. The monoisotopic (exact) mass is 292 g/mol. The van der Waals surface area contributed by atoms with Gasteiger partial charge in [0.05, 0.1) is 6.20 Å². The zero-order valence-electron chi connectivity index (χ0n) is 13.8. The number of nitrogens with one attached hydrogen (secondary N) is 1. The minimum absolute atomic E-state index is 0.218. The smallest absolute Gasteiger partial charge is 0.141 e. The van der Waals surface area contributed by atoms with E-state index in [4.69, 9.17) is 0 Å². The van der Waals surface area contributed by atoms with E-state index in [-0.39, 0.29) is 5.82 Å². The summed E-state index contributed by atoms with van der Waals surface area (Å²) < 4.78 is 13.5. The van der Waals surface area contributed by atoms with E-state index in [1.54, 1.807) is 6.07 Å². The van der Waals surface area contributed by atoms with Gasteiger partial charge in [0.2, 0.25) is 0 Å². The molecule has 0 saturated heterocycles. The highest BCUT2D eigenvalue weighted by atomic mass is 19.1. The van der Waals surface area contributed by atoms with Gasteiger partial charge in [-0.25, -0.2) is 4.39 Å². The third-order valence-electron chi connectivity index (χ3n) is 4.65. The summed E-state index contributed by atoms with van der Waals surface area (Å²) in [5.41, 5.74) is 1.41. The average molecular weight is 292 g/mol. The van der Waals surface area contributed by atoms with Crippen molar-refractivity contribution in [2.75, 3.05) is 13.1 Å². The van der Waals surface area contributed by atoms with Crippen LogP contribution in [0.5, 0.6) is 0 Å². The van der Waals surface area contributed by atoms with Crippen molar-refractivity contribution in [3.63, 3.8) is 0 Å². The number of pyridine rings is 1. The summed E-state index contributed by atoms with van der Waals surface area (Å²) in [7, 11) is 0. The summed E-state index contributed by atoms with van der Waals surface area (Å²) in [5, 5.41) is 3.58. The zero-order valence-corrected chi connectivity index (χ0v) is 13.8. The molecule has 0 aliphatic heterocycles. The van der Waals surface area contributed by atoms with Crippen molar-refractivity contribution in [1.82, 2.24) is 10.3 Å². The van der Waals surface area contributed by atoms with E-state index in [1.807, 2.05) is 6.20 Å². The van der Waals surface area contributed by atoms with E-state index in [1.165, 1.54) is 19.0 Å². The van der Waals surface area contributed by atoms with Crippen LogP contribution in [0.15, 0.2) is 18.5 Å². The van der Waals surface area contributed by atoms with Crippen molar-refractivity contribution in [1.29, 1.82) is 0 Å². The number of nitrogens with zero attached hydrogens (tertiary/aromatic N) is 1. The largest absolute Gasteiger partial charge is 0.316 e. The van der Waals surface area contributed by atoms with E-state index in [2.05, 4.69) is 38.0 Å². The Morgan fingerprint density at radius 2 is 2.14 bits per heavy atom. The van der Waals surface area contributed by atoms with Crippen molar-refractivity contribution in [2.24, 2.45) is 17.3 Å². The summed E-state index contributed by atoms with van der Waals surface area (Å²) in [5.74, 6) is 1.45. The third-order valence-corrected chi connectivity index (χ3v) is 4.65. The lowest BCUT2D eigenvalue weighted by molar-refractivity contribution is 0.158. The Morgan fingerprint density at radius 3 is 2.81 bits per heavy atom. The maximum absolute atomic E-state index is 13.5. The molecule has 1 fully saturated rings. The molecule has 1 saturated carbocycles. The van der Waals surface area contributed by atoms with Crippen molar-refractivity contribution < 1.29 is 4.39 Å². The first-order valence-electron chi connectivity index (χ1n) is 8.18. The summed E-state index contributed by atoms with van der Waals surface area (Å²) in [6, 6.07) is 1.68. The van der Waals surface area contributed by atoms with E-state index >= 15 is 0 Å². The highest BCUT2D eigenvalue weighted by Gasteiger charge is 2.35. The Morgan fingerprint density at radius 1 is 1.38 bits per heavy atom. The minimum atomic E-state index is -0.218. The minimum Gasteiger partial charge on any atom is -0.316 e. The van der Waals surface area contributed by atoms with Crippen molar-refractivity contribution in [3.8, 4) is 0 Å². The fourth-order valence-electron chi connectivity index (χ4n) is 3.46. The summed E-state index contributed by atoms with van der Waals surface area (Å²) in [6.07, 6.45) is 6.72. The van der Waals surface area contributed by atoms with Crippen molar-refractivity contribution in [2.45, 2.75) is 52.9 Å². The van der Waals surface area contributed by atoms with E-state index in [9.17, 15) is 4.39 Å². The van der Waals surface area contributed by atoms with Gasteiger partial charge >= 0.3 is 0 Å². The van der Waals surface area contributed by atoms with Crippen LogP contribution < -0.4 is 5.32 Å². The van der Waals surface area contributed by atoms with Gasteiger partial charge in [0.15, 0.2) is 0 Å². The molecule has 3 heteroatoms. The first-order chi connectivity index (χ1) is 9.87. The normalized spacial score (nSPS) is 25.2. The second-order valence-corrected chi connectivity index (χ2v) is 7.76. The van der Waals surface area contributed by atoms with Gasteiger partial charge in [0.1, 0.15) is 5.82 Å². The van der Waals surface area contributed by atoms with Gasteiger partial charge < -0.3 is 5.32 Å².